The minimum Gasteiger partial charge on any atom is -0.0622 e. The largest absolute Gasteiger partial charge is 0.111 e. The maximum absolute atomic E-state index is 2.42. The molecule has 43 heavy (non-hydrogen) atoms. The number of aryl methyl sites for hydroxylation is 1. The van der Waals surface area contributed by atoms with E-state index in [2.05, 4.69) is 152 Å². The Balaban J connectivity index is 1.47. The van der Waals surface area contributed by atoms with Crippen LogP contribution >= 0.6 is 0 Å². The van der Waals surface area contributed by atoms with Gasteiger partial charge >= 0.3 is 0 Å². The average Bonchev–Trinajstić information content (AvgIpc) is 3.05. The zero-order valence-electron chi connectivity index (χ0n) is 24.6. The van der Waals surface area contributed by atoms with Crippen molar-refractivity contribution in [3.8, 4) is 22.3 Å². The van der Waals surface area contributed by atoms with Crippen LogP contribution in [0.2, 0.25) is 0 Å². The van der Waals surface area contributed by atoms with Gasteiger partial charge in [-0.1, -0.05) is 133 Å². The van der Waals surface area contributed by atoms with Gasteiger partial charge in [-0.3, -0.25) is 0 Å². The quantitative estimate of drug-likeness (QED) is 0.110. The summed E-state index contributed by atoms with van der Waals surface area (Å²) < 4.78 is 0. The van der Waals surface area contributed by atoms with Crippen molar-refractivity contribution in [3.63, 3.8) is 0 Å². The van der Waals surface area contributed by atoms with Crippen LogP contribution in [0, 0.1) is 0 Å². The summed E-state index contributed by atoms with van der Waals surface area (Å²) in [6.45, 7) is 0. The topological polar surface area (TPSA) is 0 Å². The highest BCUT2D eigenvalue weighted by molar-refractivity contribution is 7.95. The van der Waals surface area contributed by atoms with Gasteiger partial charge in [-0.15, -0.1) is 0 Å². The van der Waals surface area contributed by atoms with Crippen LogP contribution in [0.5, 0.6) is 0 Å². The lowest BCUT2D eigenvalue weighted by molar-refractivity contribution is 1.19. The van der Waals surface area contributed by atoms with Crippen molar-refractivity contribution in [3.05, 3.63) is 145 Å². The third-order valence-corrected chi connectivity index (χ3v) is 10.1. The molecular weight excluding hydrogens is 537 g/mol. The van der Waals surface area contributed by atoms with Gasteiger partial charge in [-0.25, -0.2) is 0 Å². The minimum absolute atomic E-state index is 0.399. The van der Waals surface area contributed by atoms with E-state index in [4.69, 9.17) is 0 Å². The summed E-state index contributed by atoms with van der Waals surface area (Å²) >= 11 is 0. The molecule has 0 aromatic heterocycles. The van der Waals surface area contributed by atoms with Gasteiger partial charge in [0.25, 0.3) is 0 Å². The molecule has 8 aromatic rings. The zero-order chi connectivity index (χ0) is 28.9. The molecule has 0 unspecified atom stereocenters. The summed E-state index contributed by atoms with van der Waals surface area (Å²) in [4.78, 5) is 0. The number of hydrogen-bond donors (Lipinski definition) is 0. The van der Waals surface area contributed by atoms with Crippen LogP contribution in [0.1, 0.15) is 5.56 Å². The highest BCUT2D eigenvalue weighted by Crippen LogP contribution is 2.46. The van der Waals surface area contributed by atoms with Gasteiger partial charge in [0.2, 0.25) is 0 Å². The molecule has 0 aliphatic rings. The van der Waals surface area contributed by atoms with E-state index < -0.39 is 0 Å². The summed E-state index contributed by atoms with van der Waals surface area (Å²) in [5, 5.41) is 13.3. The molecule has 0 heterocycles. The third-order valence-electron chi connectivity index (χ3n) is 9.04. The van der Waals surface area contributed by atoms with E-state index in [1.165, 1.54) is 87.4 Å². The molecule has 0 nitrogen and oxygen atoms in total. The van der Waals surface area contributed by atoms with Crippen LogP contribution < -0.4 is 0 Å². The van der Waals surface area contributed by atoms with Crippen molar-refractivity contribution in [2.24, 2.45) is 0 Å². The molecule has 0 aliphatic heterocycles. The van der Waals surface area contributed by atoms with E-state index in [0.29, 0.717) is 10.9 Å². The maximum atomic E-state index is 2.42. The highest BCUT2D eigenvalue weighted by Gasteiger charge is 2.19. The van der Waals surface area contributed by atoms with E-state index in [0.717, 1.165) is 6.42 Å². The van der Waals surface area contributed by atoms with Crippen molar-refractivity contribution in [2.75, 3.05) is 18.3 Å². The Morgan fingerprint density at radius 3 is 1.65 bits per heavy atom. The Morgan fingerprint density at radius 1 is 0.419 bits per heavy atom. The predicted octanol–water partition coefficient (Wildman–Crippen LogP) is 11.2. The van der Waals surface area contributed by atoms with Gasteiger partial charge in [0.05, 0.1) is 12.5 Å². The first kappa shape index (κ1) is 26.1. The SMILES string of the molecule is C[S+](C)CCc1c2ccccc2cc2c1ccc1c(-c3c4ccccc4c(-c4ccccc4)c4ccccc34)cccc12. The summed E-state index contributed by atoms with van der Waals surface area (Å²) in [5.74, 6) is 1.22. The van der Waals surface area contributed by atoms with E-state index in [-0.39, 0.29) is 0 Å². The standard InChI is InChI=1S/C42H33S/c1-43(2)26-25-34-30-16-7-6-15-29(30)27-40-31-21-12-22-35(32(31)23-24-33(34)40)42-38-19-10-8-17-36(38)41(28-13-4-3-5-14-28)37-18-9-11-20-39(37)42/h3-24,27H,25-26H2,1-2H3/q+1. The van der Waals surface area contributed by atoms with Crippen molar-refractivity contribution >= 4 is 64.8 Å². The van der Waals surface area contributed by atoms with Crippen LogP contribution in [0.25, 0.3) is 76.1 Å². The molecule has 0 aliphatic carbocycles. The van der Waals surface area contributed by atoms with Crippen LogP contribution in [0.3, 0.4) is 0 Å². The van der Waals surface area contributed by atoms with Crippen LogP contribution in [0.15, 0.2) is 140 Å². The normalized spacial score (nSPS) is 11.9. The number of hydrogen-bond acceptors (Lipinski definition) is 0. The van der Waals surface area contributed by atoms with Crippen molar-refractivity contribution in [1.29, 1.82) is 0 Å². The molecule has 1 heteroatoms. The van der Waals surface area contributed by atoms with Gasteiger partial charge in [0.1, 0.15) is 5.75 Å². The molecule has 206 valence electrons. The van der Waals surface area contributed by atoms with Gasteiger partial charge in [-0.2, -0.15) is 0 Å². The molecule has 0 bridgehead atoms. The monoisotopic (exact) mass is 569 g/mol. The Morgan fingerprint density at radius 2 is 0.977 bits per heavy atom. The van der Waals surface area contributed by atoms with E-state index in [1.807, 2.05) is 0 Å². The van der Waals surface area contributed by atoms with Gasteiger partial charge in [0.15, 0.2) is 0 Å². The second-order valence-corrected chi connectivity index (χ2v) is 14.2. The van der Waals surface area contributed by atoms with Crippen LogP contribution in [0.4, 0.5) is 0 Å². The molecule has 0 spiro atoms. The lowest BCUT2D eigenvalue weighted by Gasteiger charge is -2.19. The smallest absolute Gasteiger partial charge is 0.0622 e. The van der Waals surface area contributed by atoms with Gasteiger partial charge < -0.3 is 0 Å². The average molecular weight is 570 g/mol. The number of fused-ring (bicyclic) bond motifs is 6. The van der Waals surface area contributed by atoms with Crippen LogP contribution in [-0.4, -0.2) is 18.3 Å². The summed E-state index contributed by atoms with van der Waals surface area (Å²) in [7, 11) is 0.399. The predicted molar refractivity (Wildman–Crippen MR) is 193 cm³/mol. The lowest BCUT2D eigenvalue weighted by atomic mass is 9.84. The third kappa shape index (κ3) is 4.30. The second kappa shape index (κ2) is 10.6. The lowest BCUT2D eigenvalue weighted by Crippen LogP contribution is -2.05. The first-order valence-corrected chi connectivity index (χ1v) is 17.3. The molecule has 0 fully saturated rings. The minimum atomic E-state index is 0.399. The molecular formula is C42H33S+. The van der Waals surface area contributed by atoms with E-state index in [9.17, 15) is 0 Å². The van der Waals surface area contributed by atoms with Crippen molar-refractivity contribution in [1.82, 2.24) is 0 Å². The fraction of sp³-hybridized carbons (Fsp3) is 0.0952. The van der Waals surface area contributed by atoms with Crippen molar-refractivity contribution in [2.45, 2.75) is 6.42 Å². The Hall–Kier alpha value is -4.59. The molecule has 8 rings (SSSR count). The van der Waals surface area contributed by atoms with Crippen molar-refractivity contribution < 1.29 is 0 Å². The first-order chi connectivity index (χ1) is 21.2. The summed E-state index contributed by atoms with van der Waals surface area (Å²) in [6.07, 6.45) is 5.81. The molecule has 0 saturated heterocycles. The fourth-order valence-electron chi connectivity index (χ4n) is 7.13. The van der Waals surface area contributed by atoms with E-state index >= 15 is 0 Å². The highest BCUT2D eigenvalue weighted by atomic mass is 32.2. The zero-order valence-corrected chi connectivity index (χ0v) is 25.4. The molecule has 0 N–H and O–H groups in total. The van der Waals surface area contributed by atoms with Gasteiger partial charge in [-0.05, 0) is 98.6 Å². The Bertz CT molecular complexity index is 2250. The molecule has 0 radical (unpaired) electrons. The Kier molecular flexibility index (Phi) is 6.42. The summed E-state index contributed by atoms with van der Waals surface area (Å²) in [6, 6.07) is 51.8. The molecule has 0 atom stereocenters. The molecule has 0 amide bonds. The van der Waals surface area contributed by atoms with E-state index in [1.54, 1.807) is 0 Å². The van der Waals surface area contributed by atoms with Gasteiger partial charge in [0, 0.05) is 6.42 Å². The van der Waals surface area contributed by atoms with Crippen LogP contribution in [-0.2, 0) is 17.3 Å². The summed E-state index contributed by atoms with van der Waals surface area (Å²) in [5.41, 5.74) is 6.67. The fourth-order valence-corrected chi connectivity index (χ4v) is 7.74. The Labute approximate surface area is 256 Å². The molecule has 0 saturated carbocycles. The number of rotatable bonds is 5. The number of benzene rings is 8. The first-order valence-electron chi connectivity index (χ1n) is 15.1. The second-order valence-electron chi connectivity index (χ2n) is 11.8. The maximum Gasteiger partial charge on any atom is 0.111 e. The molecule has 8 aromatic carbocycles.